The summed E-state index contributed by atoms with van der Waals surface area (Å²) in [6.45, 7) is 2.65. The molecule has 1 atom stereocenters. The first-order valence-corrected chi connectivity index (χ1v) is 17.1. The molecule has 2 aromatic carbocycles. The predicted octanol–water partition coefficient (Wildman–Crippen LogP) is 6.05. The topological polar surface area (TPSA) is 112 Å². The molecule has 0 spiro atoms. The third kappa shape index (κ3) is 6.64. The first kappa shape index (κ1) is 32.0. The Hall–Kier alpha value is -2.96. The van der Waals surface area contributed by atoms with Crippen molar-refractivity contribution in [3.63, 3.8) is 0 Å². The van der Waals surface area contributed by atoms with E-state index < -0.39 is 29.5 Å². The SMILES string of the molecule is O=C(Nc1cc(F)c(CC(=O)C(O[C@H]2CC[C@H](C(=O)O)CC2)(N2CCCC2)N2CCSCC2)cc1Cl)c1coc2ccccc12. The molecule has 1 saturated carbocycles. The summed E-state index contributed by atoms with van der Waals surface area (Å²) in [6, 6.07) is 9.66. The van der Waals surface area contributed by atoms with Gasteiger partial charge in [0.1, 0.15) is 17.7 Å². The van der Waals surface area contributed by atoms with Crippen LogP contribution in [0.3, 0.4) is 0 Å². The van der Waals surface area contributed by atoms with Crippen molar-refractivity contribution in [2.24, 2.45) is 5.92 Å². The Morgan fingerprint density at radius 3 is 2.44 bits per heavy atom. The van der Waals surface area contributed by atoms with Crippen molar-refractivity contribution in [3.8, 4) is 0 Å². The number of carboxylic acid groups (broad SMARTS) is 1. The fraction of sp³-hybridized carbons (Fsp3) is 0.485. The molecule has 0 bridgehead atoms. The van der Waals surface area contributed by atoms with Crippen LogP contribution in [0, 0.1) is 11.7 Å². The summed E-state index contributed by atoms with van der Waals surface area (Å²) in [5, 5.41) is 12.9. The summed E-state index contributed by atoms with van der Waals surface area (Å²) in [7, 11) is 0. The van der Waals surface area contributed by atoms with Crippen LogP contribution in [0.5, 0.6) is 0 Å². The molecular weight excluding hydrogens is 621 g/mol. The normalized spacial score (nSPS) is 22.7. The summed E-state index contributed by atoms with van der Waals surface area (Å²) in [5.74, 6) is -2.32. The average molecular weight is 658 g/mol. The minimum atomic E-state index is -1.38. The van der Waals surface area contributed by atoms with E-state index in [1.807, 2.05) is 11.8 Å². The maximum absolute atomic E-state index is 15.7. The van der Waals surface area contributed by atoms with Crippen LogP contribution in [0.1, 0.15) is 54.4 Å². The summed E-state index contributed by atoms with van der Waals surface area (Å²) in [6.07, 6.45) is 4.73. The summed E-state index contributed by atoms with van der Waals surface area (Å²) in [4.78, 5) is 43.4. The Morgan fingerprint density at radius 2 is 1.73 bits per heavy atom. The third-order valence-electron chi connectivity index (χ3n) is 9.15. The number of ketones is 1. The second-order valence-electron chi connectivity index (χ2n) is 12.0. The number of halogens is 2. The average Bonchev–Trinajstić information content (AvgIpc) is 3.74. The van der Waals surface area contributed by atoms with Crippen molar-refractivity contribution >= 4 is 57.7 Å². The number of Topliss-reactive ketones (excluding diaryl/α,β-unsaturated/α-hetero) is 1. The number of anilines is 1. The number of carboxylic acids is 1. The van der Waals surface area contributed by atoms with E-state index in [2.05, 4.69) is 15.1 Å². The number of thioether (sulfide) groups is 1. The van der Waals surface area contributed by atoms with Gasteiger partial charge in [-0.2, -0.15) is 11.8 Å². The zero-order valence-electron chi connectivity index (χ0n) is 24.9. The molecular formula is C33H37ClFN3O6S. The molecule has 1 aromatic heterocycles. The van der Waals surface area contributed by atoms with Crippen LogP contribution in [-0.4, -0.2) is 82.2 Å². The van der Waals surface area contributed by atoms with Crippen molar-refractivity contribution in [2.45, 2.75) is 56.9 Å². The Balaban J connectivity index is 1.26. The molecule has 6 rings (SSSR count). The first-order chi connectivity index (χ1) is 21.8. The lowest BCUT2D eigenvalue weighted by molar-refractivity contribution is -0.254. The summed E-state index contributed by atoms with van der Waals surface area (Å²) < 4.78 is 28.0. The molecule has 1 amide bonds. The van der Waals surface area contributed by atoms with Gasteiger partial charge in [0, 0.05) is 49.5 Å². The van der Waals surface area contributed by atoms with Gasteiger partial charge in [0.05, 0.1) is 28.3 Å². The number of ether oxygens (including phenoxy) is 1. The summed E-state index contributed by atoms with van der Waals surface area (Å²) >= 11 is 8.40. The van der Waals surface area contributed by atoms with E-state index >= 15 is 4.39 Å². The van der Waals surface area contributed by atoms with Gasteiger partial charge in [-0.15, -0.1) is 0 Å². The number of nitrogens with zero attached hydrogens (tertiary/aromatic N) is 2. The summed E-state index contributed by atoms with van der Waals surface area (Å²) in [5.41, 5.74) is 1.06. The Kier molecular flexibility index (Phi) is 9.82. The molecule has 2 saturated heterocycles. The molecule has 9 nitrogen and oxygen atoms in total. The number of carbonyl (C=O) groups is 3. The maximum Gasteiger partial charge on any atom is 0.306 e. The zero-order chi connectivity index (χ0) is 31.6. The number of para-hydroxylation sites is 1. The molecule has 3 aromatic rings. The number of furan rings is 1. The predicted molar refractivity (Wildman–Crippen MR) is 171 cm³/mol. The minimum Gasteiger partial charge on any atom is -0.481 e. The molecule has 2 N–H and O–H groups in total. The molecule has 3 fully saturated rings. The third-order valence-corrected chi connectivity index (χ3v) is 10.4. The van der Waals surface area contributed by atoms with Gasteiger partial charge in [-0.1, -0.05) is 29.8 Å². The standard InChI is InChI=1S/C33H37ClFN3O6S/c34-26-17-22(27(35)19-28(26)36-31(40)25-20-43-29-6-2-1-5-24(25)29)18-30(39)33(37-11-3-4-12-37,38-13-15-45-16-14-38)44-23-9-7-21(8-10-23)32(41)42/h1-2,5-6,17,19-21,23H,3-4,7-16,18H2,(H,36,40)(H,41,42)/t21-,23-,33?. The van der Waals surface area contributed by atoms with Gasteiger partial charge in [0.2, 0.25) is 5.85 Å². The monoisotopic (exact) mass is 657 g/mol. The van der Waals surface area contributed by atoms with Crippen molar-refractivity contribution in [3.05, 3.63) is 64.6 Å². The van der Waals surface area contributed by atoms with Gasteiger partial charge in [-0.05, 0) is 62.3 Å². The van der Waals surface area contributed by atoms with E-state index in [0.29, 0.717) is 68.4 Å². The number of amides is 1. The highest BCUT2D eigenvalue weighted by Crippen LogP contribution is 2.38. The van der Waals surface area contributed by atoms with Gasteiger partial charge in [-0.3, -0.25) is 24.2 Å². The van der Waals surface area contributed by atoms with E-state index in [9.17, 15) is 19.5 Å². The zero-order valence-corrected chi connectivity index (χ0v) is 26.5. The molecule has 1 aliphatic carbocycles. The van der Waals surface area contributed by atoms with Gasteiger partial charge in [0.15, 0.2) is 5.78 Å². The molecule has 12 heteroatoms. The number of hydrogen-bond acceptors (Lipinski definition) is 8. The van der Waals surface area contributed by atoms with Crippen molar-refractivity contribution in [2.75, 3.05) is 43.0 Å². The number of hydrogen-bond donors (Lipinski definition) is 2. The maximum atomic E-state index is 15.7. The molecule has 1 unspecified atom stereocenters. The Morgan fingerprint density at radius 1 is 1.04 bits per heavy atom. The number of likely N-dealkylation sites (tertiary alicyclic amines) is 1. The van der Waals surface area contributed by atoms with Gasteiger partial charge in [0.25, 0.3) is 5.91 Å². The molecule has 45 heavy (non-hydrogen) atoms. The van der Waals surface area contributed by atoms with Crippen LogP contribution in [0.25, 0.3) is 11.0 Å². The molecule has 0 radical (unpaired) electrons. The fourth-order valence-electron chi connectivity index (χ4n) is 6.76. The highest BCUT2D eigenvalue weighted by Gasteiger charge is 2.52. The van der Waals surface area contributed by atoms with Gasteiger partial charge < -0.3 is 19.6 Å². The second-order valence-corrected chi connectivity index (χ2v) is 13.6. The molecule has 240 valence electrons. The Bertz CT molecular complexity index is 1570. The van der Waals surface area contributed by atoms with E-state index in [-0.39, 0.29) is 34.6 Å². The molecule has 3 aliphatic rings. The smallest absolute Gasteiger partial charge is 0.306 e. The Labute approximate surface area is 270 Å². The highest BCUT2D eigenvalue weighted by molar-refractivity contribution is 7.99. The van der Waals surface area contributed by atoms with Crippen molar-refractivity contribution in [1.82, 2.24) is 9.80 Å². The largest absolute Gasteiger partial charge is 0.481 e. The number of fused-ring (bicyclic) bond motifs is 1. The van der Waals surface area contributed by atoms with E-state index in [0.717, 1.165) is 30.4 Å². The fourth-order valence-corrected chi connectivity index (χ4v) is 7.90. The van der Waals surface area contributed by atoms with E-state index in [1.165, 1.54) is 12.3 Å². The second kappa shape index (κ2) is 13.8. The minimum absolute atomic E-state index is 0.0888. The van der Waals surface area contributed by atoms with Gasteiger partial charge in [-0.25, -0.2) is 4.39 Å². The number of aliphatic carboxylic acids is 1. The lowest BCUT2D eigenvalue weighted by Crippen LogP contribution is -2.69. The number of rotatable bonds is 10. The van der Waals surface area contributed by atoms with Crippen LogP contribution in [0.2, 0.25) is 5.02 Å². The van der Waals surface area contributed by atoms with Crippen LogP contribution >= 0.6 is 23.4 Å². The quantitative estimate of drug-likeness (QED) is 0.269. The van der Waals surface area contributed by atoms with E-state index in [4.69, 9.17) is 20.8 Å². The van der Waals surface area contributed by atoms with Crippen LogP contribution in [0.4, 0.5) is 10.1 Å². The van der Waals surface area contributed by atoms with Gasteiger partial charge >= 0.3 is 5.97 Å². The molecule has 2 aliphatic heterocycles. The molecule has 3 heterocycles. The van der Waals surface area contributed by atoms with Crippen LogP contribution in [0.15, 0.2) is 47.1 Å². The number of nitrogens with one attached hydrogen (secondary N) is 1. The van der Waals surface area contributed by atoms with E-state index in [1.54, 1.807) is 24.3 Å². The first-order valence-electron chi connectivity index (χ1n) is 15.5. The lowest BCUT2D eigenvalue weighted by atomic mass is 9.87. The number of carbonyl (C=O) groups excluding carboxylic acids is 2. The highest BCUT2D eigenvalue weighted by atomic mass is 35.5. The van der Waals surface area contributed by atoms with Crippen molar-refractivity contribution < 1.29 is 33.0 Å². The number of benzene rings is 2. The van der Waals surface area contributed by atoms with Crippen LogP contribution < -0.4 is 5.32 Å². The lowest BCUT2D eigenvalue weighted by Gasteiger charge is -2.50. The van der Waals surface area contributed by atoms with Crippen molar-refractivity contribution in [1.29, 1.82) is 0 Å². The van der Waals surface area contributed by atoms with Crippen LogP contribution in [-0.2, 0) is 20.7 Å².